The third kappa shape index (κ3) is 6.52. The molecule has 3 rings (SSSR count). The predicted molar refractivity (Wildman–Crippen MR) is 130 cm³/mol. The Morgan fingerprint density at radius 1 is 1.00 bits per heavy atom. The maximum Gasteiger partial charge on any atom is 0.305 e. The highest BCUT2D eigenvalue weighted by molar-refractivity contribution is 7.89. The molecule has 190 valence electrons. The Bertz CT molecular complexity index is 1130. The average molecular weight is 505 g/mol. The molecule has 0 bridgehead atoms. The van der Waals surface area contributed by atoms with E-state index < -0.39 is 16.1 Å². The summed E-state index contributed by atoms with van der Waals surface area (Å²) in [5.41, 5.74) is 1.48. The monoisotopic (exact) mass is 504 g/mol. The van der Waals surface area contributed by atoms with Crippen LogP contribution >= 0.6 is 0 Å². The van der Waals surface area contributed by atoms with Crippen molar-refractivity contribution in [2.24, 2.45) is 0 Å². The Balaban J connectivity index is 1.94. The minimum Gasteiger partial charge on any atom is -0.493 e. The average Bonchev–Trinajstić information content (AvgIpc) is 3.09. The molecule has 1 saturated heterocycles. The number of nitrogens with one attached hydrogen (secondary N) is 1. The second-order valence-corrected chi connectivity index (χ2v) is 10.2. The first kappa shape index (κ1) is 26.5. The molecule has 9 nitrogen and oxygen atoms in total. The molecule has 1 N–H and O–H groups in total. The van der Waals surface area contributed by atoms with Crippen LogP contribution in [0.5, 0.6) is 11.5 Å². The Hall–Kier alpha value is -3.11. The maximum absolute atomic E-state index is 13.8. The van der Waals surface area contributed by atoms with Gasteiger partial charge in [0.1, 0.15) is 6.04 Å². The second kappa shape index (κ2) is 12.0. The van der Waals surface area contributed by atoms with E-state index in [1.54, 1.807) is 30.3 Å². The molecular weight excluding hydrogens is 472 g/mol. The third-order valence-electron chi connectivity index (χ3n) is 6.02. The first-order valence-corrected chi connectivity index (χ1v) is 12.9. The fourth-order valence-electron chi connectivity index (χ4n) is 4.03. The summed E-state index contributed by atoms with van der Waals surface area (Å²) in [4.78, 5) is 24.4. The van der Waals surface area contributed by atoms with E-state index in [-0.39, 0.29) is 29.7 Å². The van der Waals surface area contributed by atoms with E-state index in [0.717, 1.165) is 18.4 Å². The molecular formula is C25H32N2O7S. The zero-order valence-corrected chi connectivity index (χ0v) is 21.1. The van der Waals surface area contributed by atoms with Gasteiger partial charge in [0.2, 0.25) is 15.9 Å². The van der Waals surface area contributed by atoms with Crippen LogP contribution in [0.2, 0.25) is 0 Å². The molecule has 1 heterocycles. The molecule has 1 aliphatic rings. The lowest BCUT2D eigenvalue weighted by Crippen LogP contribution is -2.48. The van der Waals surface area contributed by atoms with E-state index in [4.69, 9.17) is 9.47 Å². The van der Waals surface area contributed by atoms with Crippen molar-refractivity contribution in [1.82, 2.24) is 9.62 Å². The van der Waals surface area contributed by atoms with Crippen LogP contribution in [0, 0.1) is 0 Å². The highest BCUT2D eigenvalue weighted by Gasteiger charge is 2.36. The number of carbonyl (C=O) groups excluding carboxylic acids is 2. The quantitative estimate of drug-likeness (QED) is 0.495. The van der Waals surface area contributed by atoms with Gasteiger partial charge in [0.05, 0.1) is 26.2 Å². The number of nitrogens with zero attached hydrogens (tertiary/aromatic N) is 1. The zero-order chi connectivity index (χ0) is 25.4. The number of esters is 1. The number of amides is 1. The molecule has 1 aliphatic heterocycles. The molecule has 0 aliphatic carbocycles. The zero-order valence-electron chi connectivity index (χ0n) is 20.3. The molecule has 10 heteroatoms. The van der Waals surface area contributed by atoms with Crippen LogP contribution < -0.4 is 14.8 Å². The first-order valence-electron chi connectivity index (χ1n) is 11.5. The molecule has 1 unspecified atom stereocenters. The normalized spacial score (nSPS) is 16.3. The number of ether oxygens (including phenoxy) is 3. The van der Waals surface area contributed by atoms with Crippen LogP contribution in [0.25, 0.3) is 0 Å². The highest BCUT2D eigenvalue weighted by atomic mass is 32.2. The van der Waals surface area contributed by atoms with Crippen molar-refractivity contribution >= 4 is 21.9 Å². The molecule has 1 amide bonds. The van der Waals surface area contributed by atoms with E-state index in [9.17, 15) is 18.0 Å². The summed E-state index contributed by atoms with van der Waals surface area (Å²) in [7, 11) is 0.338. The number of carbonyl (C=O) groups is 2. The molecule has 1 atom stereocenters. The Morgan fingerprint density at radius 2 is 1.69 bits per heavy atom. The van der Waals surface area contributed by atoms with Crippen molar-refractivity contribution in [3.8, 4) is 11.5 Å². The Labute approximate surface area is 206 Å². The van der Waals surface area contributed by atoms with Crippen molar-refractivity contribution in [3.05, 3.63) is 53.6 Å². The second-order valence-electron chi connectivity index (χ2n) is 8.26. The van der Waals surface area contributed by atoms with E-state index in [1.807, 2.05) is 0 Å². The van der Waals surface area contributed by atoms with E-state index in [0.29, 0.717) is 36.4 Å². The van der Waals surface area contributed by atoms with Gasteiger partial charge in [0.25, 0.3) is 0 Å². The first-order chi connectivity index (χ1) is 16.8. The van der Waals surface area contributed by atoms with Gasteiger partial charge in [-0.1, -0.05) is 18.2 Å². The minimum atomic E-state index is -4.03. The summed E-state index contributed by atoms with van der Waals surface area (Å²) in [5, 5.41) is 2.83. The largest absolute Gasteiger partial charge is 0.493 e. The highest BCUT2D eigenvalue weighted by Crippen LogP contribution is 2.30. The van der Waals surface area contributed by atoms with E-state index >= 15 is 0 Å². The lowest BCUT2D eigenvalue weighted by Gasteiger charge is -2.29. The molecule has 0 aromatic heterocycles. The topological polar surface area (TPSA) is 111 Å². The summed E-state index contributed by atoms with van der Waals surface area (Å²) < 4.78 is 44.2. The smallest absolute Gasteiger partial charge is 0.305 e. The maximum atomic E-state index is 13.8. The predicted octanol–water partition coefficient (Wildman–Crippen LogP) is 2.67. The SMILES string of the molecule is COC(=O)CCc1ccc(S(=O)(=O)N(Cc2ccc(OC)c(OC)c2)C2CCCCNC2=O)cc1. The van der Waals surface area contributed by atoms with Gasteiger partial charge in [-0.2, -0.15) is 4.31 Å². The van der Waals surface area contributed by atoms with Gasteiger partial charge < -0.3 is 19.5 Å². The van der Waals surface area contributed by atoms with E-state index in [2.05, 4.69) is 10.1 Å². The molecule has 0 spiro atoms. The van der Waals surface area contributed by atoms with Crippen LogP contribution in [0.4, 0.5) is 0 Å². The fraction of sp³-hybridized carbons (Fsp3) is 0.440. The standard InChI is InChI=1S/C25H32N2O7S/c1-32-22-13-9-19(16-23(22)33-2)17-27(21-6-4-5-15-26-25(21)29)35(30,31)20-11-7-18(8-12-20)10-14-24(28)34-3/h7-9,11-13,16,21H,4-6,10,14-15,17H2,1-3H3,(H,26,29). The minimum absolute atomic E-state index is 0.00906. The van der Waals surface area contributed by atoms with Crippen LogP contribution in [0.1, 0.15) is 36.8 Å². The summed E-state index contributed by atoms with van der Waals surface area (Å²) in [6.07, 6.45) is 2.59. The summed E-state index contributed by atoms with van der Waals surface area (Å²) >= 11 is 0. The lowest BCUT2D eigenvalue weighted by molar-refractivity contribution is -0.140. The number of methoxy groups -OCH3 is 3. The molecule has 1 fully saturated rings. The van der Waals surface area contributed by atoms with Gasteiger partial charge in [-0.05, 0) is 61.1 Å². The Kier molecular flexibility index (Phi) is 9.11. The number of sulfonamides is 1. The summed E-state index contributed by atoms with van der Waals surface area (Å²) in [6.45, 7) is 0.513. The van der Waals surface area contributed by atoms with Gasteiger partial charge in [-0.3, -0.25) is 9.59 Å². The van der Waals surface area contributed by atoms with Crippen LogP contribution in [-0.2, 0) is 37.3 Å². The number of hydrogen-bond donors (Lipinski definition) is 1. The third-order valence-corrected chi connectivity index (χ3v) is 7.88. The number of rotatable bonds is 10. The number of hydrogen-bond acceptors (Lipinski definition) is 7. The number of benzene rings is 2. The van der Waals surface area contributed by atoms with Crippen molar-refractivity contribution in [1.29, 1.82) is 0 Å². The molecule has 35 heavy (non-hydrogen) atoms. The summed E-state index contributed by atoms with van der Waals surface area (Å²) in [5.74, 6) is 0.367. The fourth-order valence-corrected chi connectivity index (χ4v) is 5.64. The molecule has 2 aromatic carbocycles. The van der Waals surface area contributed by atoms with Gasteiger partial charge in [-0.15, -0.1) is 0 Å². The summed E-state index contributed by atoms with van der Waals surface area (Å²) in [6, 6.07) is 10.7. The molecule has 0 saturated carbocycles. The van der Waals surface area contributed by atoms with Gasteiger partial charge >= 0.3 is 5.97 Å². The van der Waals surface area contributed by atoms with Gasteiger partial charge in [-0.25, -0.2) is 8.42 Å². The van der Waals surface area contributed by atoms with Crippen molar-refractivity contribution in [3.63, 3.8) is 0 Å². The lowest BCUT2D eigenvalue weighted by atomic mass is 10.1. The van der Waals surface area contributed by atoms with Crippen LogP contribution in [0.3, 0.4) is 0 Å². The van der Waals surface area contributed by atoms with Gasteiger partial charge in [0, 0.05) is 19.5 Å². The van der Waals surface area contributed by atoms with Crippen molar-refractivity contribution in [2.75, 3.05) is 27.9 Å². The van der Waals surface area contributed by atoms with E-state index in [1.165, 1.54) is 37.8 Å². The van der Waals surface area contributed by atoms with Crippen LogP contribution in [-0.4, -0.2) is 58.5 Å². The van der Waals surface area contributed by atoms with Gasteiger partial charge in [0.15, 0.2) is 11.5 Å². The van der Waals surface area contributed by atoms with Crippen molar-refractivity contribution in [2.45, 2.75) is 49.6 Å². The molecule has 2 aromatic rings. The Morgan fingerprint density at radius 3 is 2.34 bits per heavy atom. The number of aryl methyl sites for hydroxylation is 1. The molecule has 0 radical (unpaired) electrons. The van der Waals surface area contributed by atoms with Crippen molar-refractivity contribution < 1.29 is 32.2 Å². The van der Waals surface area contributed by atoms with Crippen LogP contribution in [0.15, 0.2) is 47.4 Å².